The minimum Gasteiger partial charge on any atom is -0.497 e. The van der Waals surface area contributed by atoms with Crippen molar-refractivity contribution in [1.82, 2.24) is 0 Å². The summed E-state index contributed by atoms with van der Waals surface area (Å²) in [4.78, 5) is 48.7. The number of carboxylic acid groups (broad SMARTS) is 1. The Balaban J connectivity index is 0.000000260. The van der Waals surface area contributed by atoms with Gasteiger partial charge in [-0.3, -0.25) is 14.4 Å². The van der Waals surface area contributed by atoms with E-state index >= 15 is 0 Å². The maximum atomic E-state index is 11.6. The standard InChI is InChI=1S/C18H17ClO4S.C18H18O5S/c1-22-13-7-8-15(18(19)21)16(11-13)24-14-5-3-4-12(10-14)6-9-17(20)23-2;1-22-13-7-8-15(18(20)21)16(11-13)24-14-5-3-4-12(10-14)6-9-17(19)23-2/h3-5,7-8,10-11H,6,9H2,1-2H3;3-5,7-8,10-11H,6,9H2,1-2H3,(H,20,21). The Morgan fingerprint density at radius 1 is 0.625 bits per heavy atom. The Morgan fingerprint density at radius 2 is 1.06 bits per heavy atom. The van der Waals surface area contributed by atoms with Crippen molar-refractivity contribution in [3.05, 3.63) is 107 Å². The van der Waals surface area contributed by atoms with Crippen LogP contribution in [-0.2, 0) is 31.9 Å². The van der Waals surface area contributed by atoms with Crippen LogP contribution in [0.5, 0.6) is 11.5 Å². The number of benzene rings is 4. The number of halogens is 1. The molecule has 1 N–H and O–H groups in total. The molecule has 0 bridgehead atoms. The number of methoxy groups -OCH3 is 4. The summed E-state index contributed by atoms with van der Waals surface area (Å²) in [5.74, 6) is -0.225. The van der Waals surface area contributed by atoms with Gasteiger partial charge in [-0.05, 0) is 96.2 Å². The predicted octanol–water partition coefficient (Wildman–Crippen LogP) is 7.98. The van der Waals surface area contributed by atoms with E-state index < -0.39 is 11.2 Å². The number of ether oxygens (including phenoxy) is 4. The molecule has 0 aromatic heterocycles. The van der Waals surface area contributed by atoms with E-state index in [1.807, 2.05) is 48.5 Å². The van der Waals surface area contributed by atoms with Crippen LogP contribution in [0.1, 0.15) is 44.7 Å². The van der Waals surface area contributed by atoms with E-state index in [2.05, 4.69) is 9.47 Å². The molecule has 0 atom stereocenters. The second-order valence-corrected chi connectivity index (χ2v) is 12.5. The van der Waals surface area contributed by atoms with Crippen molar-refractivity contribution < 1.29 is 43.2 Å². The fourth-order valence-corrected chi connectivity index (χ4v) is 6.58. The molecule has 0 fully saturated rings. The molecule has 4 rings (SSSR count). The quantitative estimate of drug-likeness (QED) is 0.101. The molecule has 0 saturated carbocycles. The minimum absolute atomic E-state index is 0.223. The molecule has 0 saturated heterocycles. The van der Waals surface area contributed by atoms with Gasteiger partial charge in [0.1, 0.15) is 11.5 Å². The van der Waals surface area contributed by atoms with E-state index in [-0.39, 0.29) is 17.5 Å². The maximum absolute atomic E-state index is 11.6. The molecule has 0 unspecified atom stereocenters. The summed E-state index contributed by atoms with van der Waals surface area (Å²) in [7, 11) is 5.85. The molecule has 0 radical (unpaired) electrons. The number of carbonyl (C=O) groups excluding carboxylic acids is 3. The molecule has 252 valence electrons. The van der Waals surface area contributed by atoms with Gasteiger partial charge in [-0.1, -0.05) is 47.8 Å². The van der Waals surface area contributed by atoms with Crippen LogP contribution in [0.4, 0.5) is 0 Å². The number of hydrogen-bond acceptors (Lipinski definition) is 10. The van der Waals surface area contributed by atoms with Gasteiger partial charge >= 0.3 is 17.9 Å². The predicted molar refractivity (Wildman–Crippen MR) is 185 cm³/mol. The van der Waals surface area contributed by atoms with Crippen LogP contribution in [0.3, 0.4) is 0 Å². The topological polar surface area (TPSA) is 125 Å². The van der Waals surface area contributed by atoms with Gasteiger partial charge in [-0.2, -0.15) is 0 Å². The van der Waals surface area contributed by atoms with Gasteiger partial charge in [0.05, 0.1) is 34.0 Å². The van der Waals surface area contributed by atoms with Crippen LogP contribution in [-0.4, -0.2) is 56.7 Å². The third-order valence-electron chi connectivity index (χ3n) is 6.76. The van der Waals surface area contributed by atoms with Gasteiger partial charge in [-0.15, -0.1) is 0 Å². The van der Waals surface area contributed by atoms with Gasteiger partial charge in [0, 0.05) is 38.0 Å². The number of hydrogen-bond donors (Lipinski definition) is 1. The first-order valence-electron chi connectivity index (χ1n) is 14.5. The Labute approximate surface area is 292 Å². The molecule has 12 heteroatoms. The van der Waals surface area contributed by atoms with Crippen molar-refractivity contribution in [3.63, 3.8) is 0 Å². The van der Waals surface area contributed by atoms with Crippen molar-refractivity contribution in [3.8, 4) is 11.5 Å². The fraction of sp³-hybridized carbons (Fsp3) is 0.222. The van der Waals surface area contributed by atoms with Crippen LogP contribution >= 0.6 is 35.1 Å². The van der Waals surface area contributed by atoms with Crippen molar-refractivity contribution in [1.29, 1.82) is 0 Å². The molecule has 48 heavy (non-hydrogen) atoms. The molecule has 0 spiro atoms. The number of aryl methyl sites for hydroxylation is 2. The number of carbonyl (C=O) groups is 4. The van der Waals surface area contributed by atoms with Gasteiger partial charge in [0.15, 0.2) is 0 Å². The lowest BCUT2D eigenvalue weighted by atomic mass is 10.1. The molecule has 0 aliphatic rings. The maximum Gasteiger partial charge on any atom is 0.336 e. The zero-order valence-corrected chi connectivity index (χ0v) is 29.2. The summed E-state index contributed by atoms with van der Waals surface area (Å²) in [5.41, 5.74) is 2.67. The second-order valence-electron chi connectivity index (χ2n) is 9.95. The van der Waals surface area contributed by atoms with Gasteiger partial charge < -0.3 is 24.1 Å². The lowest BCUT2D eigenvalue weighted by Crippen LogP contribution is -2.02. The number of carboxylic acids is 1. The minimum atomic E-state index is -0.984. The third kappa shape index (κ3) is 12.0. The zero-order chi connectivity index (χ0) is 35.1. The van der Waals surface area contributed by atoms with Crippen molar-refractivity contribution in [2.75, 3.05) is 28.4 Å². The van der Waals surface area contributed by atoms with E-state index in [4.69, 9.17) is 21.1 Å². The molecule has 0 aliphatic heterocycles. The summed E-state index contributed by atoms with van der Waals surface area (Å²) >= 11 is 8.43. The highest BCUT2D eigenvalue weighted by atomic mass is 35.5. The normalized spacial score (nSPS) is 10.3. The average Bonchev–Trinajstić information content (AvgIpc) is 3.09. The zero-order valence-electron chi connectivity index (χ0n) is 26.8. The fourth-order valence-electron chi connectivity index (χ4n) is 4.25. The van der Waals surface area contributed by atoms with Crippen LogP contribution in [0, 0.1) is 0 Å². The molecule has 0 aliphatic carbocycles. The molecule has 0 amide bonds. The summed E-state index contributed by atoms with van der Waals surface area (Å²) in [6, 6.07) is 25.4. The summed E-state index contributed by atoms with van der Waals surface area (Å²) in [6.07, 6.45) is 1.81. The summed E-state index contributed by atoms with van der Waals surface area (Å²) < 4.78 is 19.7. The molecular weight excluding hydrogens is 676 g/mol. The SMILES string of the molecule is COC(=O)CCc1cccc(Sc2cc(OC)ccc2C(=O)Cl)c1.COC(=O)CCc1cccc(Sc2cc(OC)ccc2C(=O)O)c1. The Hall–Kier alpha value is -4.45. The number of rotatable bonds is 14. The highest BCUT2D eigenvalue weighted by Crippen LogP contribution is 2.35. The monoisotopic (exact) mass is 710 g/mol. The largest absolute Gasteiger partial charge is 0.497 e. The van der Waals surface area contributed by atoms with Gasteiger partial charge in [-0.25, -0.2) is 4.79 Å². The van der Waals surface area contributed by atoms with Crippen molar-refractivity contribution >= 4 is 58.3 Å². The number of aromatic carboxylic acids is 1. The molecular formula is C36H35ClO9S2. The van der Waals surface area contributed by atoms with Gasteiger partial charge in [0.2, 0.25) is 0 Å². The Bertz CT molecular complexity index is 1620. The molecule has 0 heterocycles. The van der Waals surface area contributed by atoms with E-state index in [1.54, 1.807) is 37.4 Å². The molecule has 4 aromatic carbocycles. The lowest BCUT2D eigenvalue weighted by molar-refractivity contribution is -0.141. The van der Waals surface area contributed by atoms with Crippen molar-refractivity contribution in [2.45, 2.75) is 45.3 Å². The summed E-state index contributed by atoms with van der Waals surface area (Å²) in [5, 5.41) is 8.82. The number of esters is 2. The first-order chi connectivity index (χ1) is 23.1. The second kappa shape index (κ2) is 19.4. The highest BCUT2D eigenvalue weighted by Gasteiger charge is 2.14. The smallest absolute Gasteiger partial charge is 0.336 e. The Morgan fingerprint density at radius 3 is 1.46 bits per heavy atom. The van der Waals surface area contributed by atoms with E-state index in [9.17, 15) is 24.3 Å². The van der Waals surface area contributed by atoms with Crippen LogP contribution in [0.25, 0.3) is 0 Å². The average molecular weight is 711 g/mol. The Kier molecular flexibility index (Phi) is 15.4. The lowest BCUT2D eigenvalue weighted by Gasteiger charge is -2.09. The van der Waals surface area contributed by atoms with Crippen molar-refractivity contribution in [2.24, 2.45) is 0 Å². The van der Waals surface area contributed by atoms with Crippen LogP contribution in [0.2, 0.25) is 0 Å². The first-order valence-corrected chi connectivity index (χ1v) is 16.5. The van der Waals surface area contributed by atoms with E-state index in [0.29, 0.717) is 47.6 Å². The first kappa shape index (κ1) is 38.0. The summed E-state index contributed by atoms with van der Waals surface area (Å²) in [6.45, 7) is 0. The van der Waals surface area contributed by atoms with Crippen LogP contribution in [0.15, 0.2) is 105 Å². The van der Waals surface area contributed by atoms with Crippen LogP contribution < -0.4 is 9.47 Å². The molecule has 4 aromatic rings. The highest BCUT2D eigenvalue weighted by molar-refractivity contribution is 7.99. The van der Waals surface area contributed by atoms with Gasteiger partial charge in [0.25, 0.3) is 5.24 Å². The third-order valence-corrected chi connectivity index (χ3v) is 9.06. The molecule has 9 nitrogen and oxygen atoms in total. The van der Waals surface area contributed by atoms with E-state index in [0.717, 1.165) is 25.8 Å². The van der Waals surface area contributed by atoms with E-state index in [1.165, 1.54) is 50.9 Å².